The van der Waals surface area contributed by atoms with Crippen molar-refractivity contribution in [2.75, 3.05) is 0 Å². The molecule has 0 saturated heterocycles. The highest BCUT2D eigenvalue weighted by atomic mass is 16.3. The van der Waals surface area contributed by atoms with Crippen molar-refractivity contribution in [1.82, 2.24) is 0 Å². The van der Waals surface area contributed by atoms with Crippen LogP contribution in [0.1, 0.15) is 92.1 Å². The predicted molar refractivity (Wildman–Crippen MR) is 131 cm³/mol. The number of rotatable bonds is 8. The Morgan fingerprint density at radius 2 is 1.77 bits per heavy atom. The Morgan fingerprint density at radius 3 is 2.35 bits per heavy atom. The summed E-state index contributed by atoms with van der Waals surface area (Å²) in [6.45, 7) is 13.0. The lowest BCUT2D eigenvalue weighted by atomic mass is 9.69. The molecule has 1 unspecified atom stereocenters. The number of aliphatic hydroxyl groups excluding tert-OH is 1. The van der Waals surface area contributed by atoms with Crippen LogP contribution in [0.2, 0.25) is 0 Å². The molecule has 0 fully saturated rings. The molecule has 0 radical (unpaired) electrons. The Bertz CT molecular complexity index is 971. The zero-order valence-electron chi connectivity index (χ0n) is 20.1. The van der Waals surface area contributed by atoms with Crippen LogP contribution in [0.15, 0.2) is 42.0 Å². The van der Waals surface area contributed by atoms with E-state index in [2.05, 4.69) is 71.9 Å². The molecule has 2 aromatic rings. The molecule has 0 aromatic heterocycles. The van der Waals surface area contributed by atoms with Crippen molar-refractivity contribution in [2.24, 2.45) is 5.41 Å². The highest BCUT2D eigenvalue weighted by Crippen LogP contribution is 2.45. The molecule has 1 N–H and O–H groups in total. The van der Waals surface area contributed by atoms with Gasteiger partial charge in [-0.05, 0) is 78.3 Å². The van der Waals surface area contributed by atoms with Gasteiger partial charge >= 0.3 is 0 Å². The summed E-state index contributed by atoms with van der Waals surface area (Å²) < 4.78 is 0. The number of hydrogen-bond donors (Lipinski definition) is 1. The molecule has 1 atom stereocenters. The largest absolute Gasteiger partial charge is 0.393 e. The Labute approximate surface area is 188 Å². The first-order valence-electron chi connectivity index (χ1n) is 11.7. The van der Waals surface area contributed by atoms with Crippen LogP contribution in [0, 0.1) is 12.3 Å². The van der Waals surface area contributed by atoms with Crippen LogP contribution < -0.4 is 0 Å². The fraction of sp³-hybridized carbons (Fsp3) is 0.483. The first-order valence-corrected chi connectivity index (χ1v) is 11.7. The van der Waals surface area contributed by atoms with Gasteiger partial charge in [-0.15, -0.1) is 0 Å². The lowest BCUT2D eigenvalue weighted by Crippen LogP contribution is -2.28. The van der Waals surface area contributed by atoms with E-state index < -0.39 is 0 Å². The number of carbonyl (C=O) groups excluding carboxylic acids is 1. The maximum atomic E-state index is 11.2. The topological polar surface area (TPSA) is 37.3 Å². The molecule has 2 heteroatoms. The highest BCUT2D eigenvalue weighted by Gasteiger charge is 2.35. The van der Waals surface area contributed by atoms with Crippen LogP contribution in [-0.2, 0) is 18.3 Å². The van der Waals surface area contributed by atoms with E-state index in [1.807, 2.05) is 12.1 Å². The van der Waals surface area contributed by atoms with Gasteiger partial charge in [0.05, 0.1) is 6.10 Å². The van der Waals surface area contributed by atoms with Crippen molar-refractivity contribution in [2.45, 2.75) is 85.2 Å². The molecule has 0 aliphatic heterocycles. The molecule has 1 aliphatic rings. The molecule has 2 nitrogen and oxygen atoms in total. The Balaban J connectivity index is 1.89. The van der Waals surface area contributed by atoms with E-state index in [0.717, 1.165) is 44.0 Å². The molecule has 0 spiro atoms. The van der Waals surface area contributed by atoms with Gasteiger partial charge in [0, 0.05) is 11.0 Å². The van der Waals surface area contributed by atoms with Crippen LogP contribution in [0.5, 0.6) is 0 Å². The first-order chi connectivity index (χ1) is 14.6. The van der Waals surface area contributed by atoms with Gasteiger partial charge in [-0.2, -0.15) is 0 Å². The highest BCUT2D eigenvalue weighted by molar-refractivity contribution is 5.79. The van der Waals surface area contributed by atoms with E-state index in [1.54, 1.807) is 0 Å². The molecule has 1 aliphatic carbocycles. The summed E-state index contributed by atoms with van der Waals surface area (Å²) in [5.74, 6) is 0. The molecule has 0 heterocycles. The monoisotopic (exact) mass is 418 g/mol. The summed E-state index contributed by atoms with van der Waals surface area (Å²) in [7, 11) is 0. The van der Waals surface area contributed by atoms with E-state index in [0.29, 0.717) is 0 Å². The van der Waals surface area contributed by atoms with E-state index in [1.165, 1.54) is 33.4 Å². The summed E-state index contributed by atoms with van der Waals surface area (Å²) >= 11 is 0. The summed E-state index contributed by atoms with van der Waals surface area (Å²) in [4.78, 5) is 11.2. The van der Waals surface area contributed by atoms with Gasteiger partial charge < -0.3 is 5.11 Å². The standard InChI is InChI=1S/C29H38O2/c1-7-29(8-2,26-17-23-10-9-21(19-30)16-24(23)18-26)25-13-11-22(20(3)15-25)12-14-27(31)28(4,5)6/h9-11,13,15-16,18-19,27,31H,7-8,12,14,17H2,1-6H3. The van der Waals surface area contributed by atoms with Crippen molar-refractivity contribution in [1.29, 1.82) is 0 Å². The minimum Gasteiger partial charge on any atom is -0.393 e. The van der Waals surface area contributed by atoms with Gasteiger partial charge in [-0.25, -0.2) is 0 Å². The molecule has 2 aromatic carbocycles. The van der Waals surface area contributed by atoms with Gasteiger partial charge in [0.15, 0.2) is 0 Å². The van der Waals surface area contributed by atoms with Crippen molar-refractivity contribution < 1.29 is 9.90 Å². The molecule has 3 rings (SSSR count). The molecule has 0 saturated carbocycles. The van der Waals surface area contributed by atoms with Gasteiger partial charge in [0.25, 0.3) is 0 Å². The fourth-order valence-corrected chi connectivity index (χ4v) is 5.03. The third-order valence-electron chi connectivity index (χ3n) is 7.42. The van der Waals surface area contributed by atoms with E-state index in [4.69, 9.17) is 0 Å². The van der Waals surface area contributed by atoms with Gasteiger partial charge in [0.2, 0.25) is 0 Å². The fourth-order valence-electron chi connectivity index (χ4n) is 5.03. The lowest BCUT2D eigenvalue weighted by molar-refractivity contribution is 0.0559. The van der Waals surface area contributed by atoms with E-state index in [-0.39, 0.29) is 16.9 Å². The summed E-state index contributed by atoms with van der Waals surface area (Å²) in [5.41, 5.74) is 8.64. The minimum absolute atomic E-state index is 0.00851. The van der Waals surface area contributed by atoms with E-state index in [9.17, 15) is 9.90 Å². The second-order valence-electron chi connectivity index (χ2n) is 10.3. The quantitative estimate of drug-likeness (QED) is 0.476. The molecular formula is C29H38O2. The number of aliphatic hydroxyl groups is 1. The lowest BCUT2D eigenvalue weighted by Gasteiger charge is -2.35. The first kappa shape index (κ1) is 23.5. The van der Waals surface area contributed by atoms with Crippen LogP contribution in [0.4, 0.5) is 0 Å². The van der Waals surface area contributed by atoms with Gasteiger partial charge in [0.1, 0.15) is 6.29 Å². The number of fused-ring (bicyclic) bond motifs is 1. The third-order valence-corrected chi connectivity index (χ3v) is 7.42. The zero-order valence-corrected chi connectivity index (χ0v) is 20.1. The second-order valence-corrected chi connectivity index (χ2v) is 10.3. The number of benzene rings is 2. The summed E-state index contributed by atoms with van der Waals surface area (Å²) in [6, 6.07) is 13.0. The van der Waals surface area contributed by atoms with Crippen molar-refractivity contribution >= 4 is 12.4 Å². The van der Waals surface area contributed by atoms with Crippen LogP contribution >= 0.6 is 0 Å². The van der Waals surface area contributed by atoms with Crippen LogP contribution in [0.25, 0.3) is 6.08 Å². The predicted octanol–water partition coefficient (Wildman–Crippen LogP) is 6.84. The maximum Gasteiger partial charge on any atom is 0.150 e. The Morgan fingerprint density at radius 1 is 1.06 bits per heavy atom. The molecule has 31 heavy (non-hydrogen) atoms. The van der Waals surface area contributed by atoms with Crippen molar-refractivity contribution in [3.05, 3.63) is 75.4 Å². The number of allylic oxidation sites excluding steroid dienone is 1. The van der Waals surface area contributed by atoms with Gasteiger partial charge in [-0.1, -0.05) is 76.6 Å². The van der Waals surface area contributed by atoms with Gasteiger partial charge in [-0.3, -0.25) is 4.79 Å². The third kappa shape index (κ3) is 4.70. The van der Waals surface area contributed by atoms with E-state index >= 15 is 0 Å². The summed E-state index contributed by atoms with van der Waals surface area (Å²) in [6.07, 6.45) is 7.69. The average molecular weight is 419 g/mol. The Kier molecular flexibility index (Phi) is 6.91. The number of aryl methyl sites for hydroxylation is 2. The SMILES string of the molecule is CCC(CC)(C1=Cc2cc(C=O)ccc2C1)c1ccc(CCC(O)C(C)(C)C)c(C)c1. The second kappa shape index (κ2) is 9.12. The number of carbonyl (C=O) groups is 1. The maximum absolute atomic E-state index is 11.2. The summed E-state index contributed by atoms with van der Waals surface area (Å²) in [5, 5.41) is 10.4. The van der Waals surface area contributed by atoms with Crippen LogP contribution in [-0.4, -0.2) is 17.5 Å². The van der Waals surface area contributed by atoms with Crippen molar-refractivity contribution in [3.8, 4) is 0 Å². The minimum atomic E-state index is -0.296. The number of aldehydes is 1. The molecule has 166 valence electrons. The van der Waals surface area contributed by atoms with Crippen molar-refractivity contribution in [3.63, 3.8) is 0 Å². The Hall–Kier alpha value is -2.19. The normalized spacial score (nSPS) is 14.9. The zero-order chi connectivity index (χ0) is 22.8. The smallest absolute Gasteiger partial charge is 0.150 e. The average Bonchev–Trinajstić information content (AvgIpc) is 3.17. The molecule has 0 bridgehead atoms. The molecule has 0 amide bonds. The number of hydrogen-bond acceptors (Lipinski definition) is 2. The van der Waals surface area contributed by atoms with Crippen LogP contribution in [0.3, 0.4) is 0 Å². The molecular weight excluding hydrogens is 380 g/mol.